The fourth-order valence-corrected chi connectivity index (χ4v) is 3.51. The Balaban J connectivity index is 1.51. The Kier molecular flexibility index (Phi) is 4.78. The number of ketones is 1. The number of piperidine rings is 1. The van der Waals surface area contributed by atoms with Crippen molar-refractivity contribution in [1.82, 2.24) is 19.7 Å². The molecule has 1 aromatic carbocycles. The Morgan fingerprint density at radius 2 is 1.93 bits per heavy atom. The van der Waals surface area contributed by atoms with E-state index in [1.54, 1.807) is 40.3 Å². The molecular formula is C21H20N4O2. The van der Waals surface area contributed by atoms with Gasteiger partial charge in [0.15, 0.2) is 5.78 Å². The highest BCUT2D eigenvalue weighted by Crippen LogP contribution is 2.23. The van der Waals surface area contributed by atoms with Crippen molar-refractivity contribution < 1.29 is 9.59 Å². The topological polar surface area (TPSA) is 68.1 Å². The summed E-state index contributed by atoms with van der Waals surface area (Å²) in [5, 5.41) is 4.21. The van der Waals surface area contributed by atoms with Crippen LogP contribution in [0.2, 0.25) is 0 Å². The second-order valence-corrected chi connectivity index (χ2v) is 6.70. The Morgan fingerprint density at radius 3 is 2.70 bits per heavy atom. The van der Waals surface area contributed by atoms with Gasteiger partial charge in [-0.05, 0) is 49.2 Å². The lowest BCUT2D eigenvalue weighted by Gasteiger charge is -2.32. The monoisotopic (exact) mass is 360 g/mol. The molecule has 2 aromatic heterocycles. The molecule has 1 aliphatic rings. The van der Waals surface area contributed by atoms with Crippen LogP contribution in [0.3, 0.4) is 0 Å². The predicted molar refractivity (Wildman–Crippen MR) is 101 cm³/mol. The largest absolute Gasteiger partial charge is 0.338 e. The lowest BCUT2D eigenvalue weighted by atomic mass is 9.90. The minimum Gasteiger partial charge on any atom is -0.338 e. The maximum absolute atomic E-state index is 13.0. The smallest absolute Gasteiger partial charge is 0.253 e. The molecule has 1 saturated heterocycles. The summed E-state index contributed by atoms with van der Waals surface area (Å²) in [4.78, 5) is 31.5. The van der Waals surface area contributed by atoms with Crippen LogP contribution in [0, 0.1) is 5.92 Å². The number of amides is 1. The molecule has 1 unspecified atom stereocenters. The third-order valence-corrected chi connectivity index (χ3v) is 4.89. The van der Waals surface area contributed by atoms with E-state index < -0.39 is 0 Å². The van der Waals surface area contributed by atoms with Gasteiger partial charge < -0.3 is 4.90 Å². The van der Waals surface area contributed by atoms with Gasteiger partial charge in [-0.3, -0.25) is 14.6 Å². The van der Waals surface area contributed by atoms with E-state index in [9.17, 15) is 9.59 Å². The van der Waals surface area contributed by atoms with Crippen LogP contribution in [0.25, 0.3) is 5.69 Å². The normalized spacial score (nSPS) is 16.9. The molecule has 6 nitrogen and oxygen atoms in total. The Morgan fingerprint density at radius 1 is 1.04 bits per heavy atom. The number of rotatable bonds is 4. The fraction of sp³-hybridized carbons (Fsp3) is 0.238. The first-order chi connectivity index (χ1) is 13.2. The van der Waals surface area contributed by atoms with Crippen molar-refractivity contribution >= 4 is 11.7 Å². The minimum atomic E-state index is -0.179. The molecule has 0 aliphatic carbocycles. The lowest BCUT2D eigenvalue weighted by Crippen LogP contribution is -2.42. The molecule has 136 valence electrons. The van der Waals surface area contributed by atoms with E-state index in [2.05, 4.69) is 10.1 Å². The minimum absolute atomic E-state index is 0.0484. The summed E-state index contributed by atoms with van der Waals surface area (Å²) in [5.74, 6) is -0.167. The highest BCUT2D eigenvalue weighted by Gasteiger charge is 2.29. The van der Waals surface area contributed by atoms with Crippen LogP contribution in [0.5, 0.6) is 0 Å². The molecule has 1 amide bonds. The zero-order chi connectivity index (χ0) is 18.6. The molecule has 27 heavy (non-hydrogen) atoms. The van der Waals surface area contributed by atoms with Crippen LogP contribution in [-0.4, -0.2) is 44.4 Å². The van der Waals surface area contributed by atoms with Crippen molar-refractivity contribution in [3.8, 4) is 5.69 Å². The Bertz CT molecular complexity index is 938. The molecule has 0 bridgehead atoms. The quantitative estimate of drug-likeness (QED) is 0.671. The van der Waals surface area contributed by atoms with E-state index >= 15 is 0 Å². The Labute approximate surface area is 157 Å². The number of likely N-dealkylation sites (tertiary alicyclic amines) is 1. The van der Waals surface area contributed by atoms with Crippen LogP contribution in [0.15, 0.2) is 67.3 Å². The van der Waals surface area contributed by atoms with Gasteiger partial charge in [0, 0.05) is 54.9 Å². The number of hydrogen-bond acceptors (Lipinski definition) is 4. The van der Waals surface area contributed by atoms with Gasteiger partial charge >= 0.3 is 0 Å². The highest BCUT2D eigenvalue weighted by molar-refractivity contribution is 5.99. The van der Waals surface area contributed by atoms with E-state index in [-0.39, 0.29) is 17.6 Å². The van der Waals surface area contributed by atoms with Crippen LogP contribution in [0.4, 0.5) is 0 Å². The number of carbonyl (C=O) groups excluding carboxylic acids is 2. The molecular weight excluding hydrogens is 340 g/mol. The molecule has 6 heteroatoms. The SMILES string of the molecule is O=C(c1cccnc1)C1CCCN(C(=O)c2cccc(-n3cccn3)c2)C1. The standard InChI is InChI=1S/C21H20N4O2/c26-20(17-6-2-9-22-14-17)18-7-3-11-24(15-18)21(27)16-5-1-8-19(13-16)25-12-4-10-23-25/h1-2,4-6,8-10,12-14,18H,3,7,11,15H2. The molecule has 4 rings (SSSR count). The third-order valence-electron chi connectivity index (χ3n) is 4.89. The highest BCUT2D eigenvalue weighted by atomic mass is 16.2. The van der Waals surface area contributed by atoms with E-state index in [4.69, 9.17) is 0 Å². The van der Waals surface area contributed by atoms with Gasteiger partial charge in [-0.1, -0.05) is 6.07 Å². The van der Waals surface area contributed by atoms with Gasteiger partial charge in [-0.15, -0.1) is 0 Å². The number of benzene rings is 1. The average molecular weight is 360 g/mol. The summed E-state index contributed by atoms with van der Waals surface area (Å²) in [5.41, 5.74) is 2.06. The van der Waals surface area contributed by atoms with Gasteiger partial charge in [0.25, 0.3) is 5.91 Å². The summed E-state index contributed by atoms with van der Waals surface area (Å²) in [6, 6.07) is 12.8. The summed E-state index contributed by atoms with van der Waals surface area (Å²) < 4.78 is 1.72. The van der Waals surface area contributed by atoms with E-state index in [1.807, 2.05) is 36.5 Å². The van der Waals surface area contributed by atoms with Crippen molar-refractivity contribution in [2.24, 2.45) is 5.92 Å². The Hall–Kier alpha value is -3.28. The van der Waals surface area contributed by atoms with E-state index in [0.29, 0.717) is 24.2 Å². The van der Waals surface area contributed by atoms with Crippen molar-refractivity contribution in [3.05, 3.63) is 78.4 Å². The molecule has 0 radical (unpaired) electrons. The molecule has 0 spiro atoms. The van der Waals surface area contributed by atoms with Crippen LogP contribution in [0.1, 0.15) is 33.6 Å². The van der Waals surface area contributed by atoms with Gasteiger partial charge in [0.1, 0.15) is 0 Å². The molecule has 0 saturated carbocycles. The predicted octanol–water partition coefficient (Wildman–Crippen LogP) is 3.00. The van der Waals surface area contributed by atoms with Crippen molar-refractivity contribution in [2.45, 2.75) is 12.8 Å². The fourth-order valence-electron chi connectivity index (χ4n) is 3.51. The third kappa shape index (κ3) is 3.65. The number of hydrogen-bond donors (Lipinski definition) is 0. The maximum atomic E-state index is 13.0. The van der Waals surface area contributed by atoms with Gasteiger partial charge in [-0.25, -0.2) is 4.68 Å². The molecule has 1 fully saturated rings. The lowest BCUT2D eigenvalue weighted by molar-refractivity contribution is 0.0637. The summed E-state index contributed by atoms with van der Waals surface area (Å²) in [6.45, 7) is 1.11. The summed E-state index contributed by atoms with van der Waals surface area (Å²) in [7, 11) is 0. The number of aromatic nitrogens is 3. The molecule has 1 aliphatic heterocycles. The van der Waals surface area contributed by atoms with Crippen LogP contribution < -0.4 is 0 Å². The molecule has 0 N–H and O–H groups in total. The van der Waals surface area contributed by atoms with Crippen molar-refractivity contribution in [3.63, 3.8) is 0 Å². The van der Waals surface area contributed by atoms with Crippen LogP contribution >= 0.6 is 0 Å². The maximum Gasteiger partial charge on any atom is 0.253 e. The van der Waals surface area contributed by atoms with E-state index in [1.165, 1.54) is 0 Å². The number of Topliss-reactive ketones (excluding diaryl/α,β-unsaturated/α-hetero) is 1. The van der Waals surface area contributed by atoms with Crippen LogP contribution in [-0.2, 0) is 0 Å². The van der Waals surface area contributed by atoms with Gasteiger partial charge in [0.2, 0.25) is 0 Å². The number of pyridine rings is 1. The second kappa shape index (κ2) is 7.53. The summed E-state index contributed by atoms with van der Waals surface area (Å²) >= 11 is 0. The number of nitrogens with zero attached hydrogens (tertiary/aromatic N) is 4. The molecule has 1 atom stereocenters. The van der Waals surface area contributed by atoms with Gasteiger partial charge in [0.05, 0.1) is 5.69 Å². The van der Waals surface area contributed by atoms with Gasteiger partial charge in [-0.2, -0.15) is 5.10 Å². The van der Waals surface area contributed by atoms with Crippen molar-refractivity contribution in [1.29, 1.82) is 0 Å². The zero-order valence-electron chi connectivity index (χ0n) is 14.9. The first-order valence-corrected chi connectivity index (χ1v) is 9.06. The first-order valence-electron chi connectivity index (χ1n) is 9.06. The van der Waals surface area contributed by atoms with E-state index in [0.717, 1.165) is 18.5 Å². The number of carbonyl (C=O) groups is 2. The zero-order valence-corrected chi connectivity index (χ0v) is 14.9. The first kappa shape index (κ1) is 17.1. The molecule has 3 heterocycles. The second-order valence-electron chi connectivity index (χ2n) is 6.70. The average Bonchev–Trinajstić information content (AvgIpc) is 3.28. The molecule has 3 aromatic rings. The van der Waals surface area contributed by atoms with Crippen molar-refractivity contribution in [2.75, 3.05) is 13.1 Å². The summed E-state index contributed by atoms with van der Waals surface area (Å²) in [6.07, 6.45) is 8.41.